The highest BCUT2D eigenvalue weighted by molar-refractivity contribution is 7.10. The molecule has 1 aliphatic heterocycles. The van der Waals surface area contributed by atoms with Gasteiger partial charge in [0.2, 0.25) is 0 Å². The third-order valence-electron chi connectivity index (χ3n) is 5.88. The monoisotopic (exact) mass is 442 g/mol. The minimum absolute atomic E-state index is 0.0133. The predicted molar refractivity (Wildman–Crippen MR) is 125 cm³/mol. The first-order valence-electron chi connectivity index (χ1n) is 10.1. The van der Waals surface area contributed by atoms with E-state index in [1.54, 1.807) is 23.5 Å². The average molecular weight is 443 g/mol. The van der Waals surface area contributed by atoms with E-state index in [1.807, 2.05) is 28.8 Å². The van der Waals surface area contributed by atoms with Crippen molar-refractivity contribution in [2.75, 3.05) is 0 Å². The van der Waals surface area contributed by atoms with E-state index in [9.17, 15) is 9.90 Å². The summed E-state index contributed by atoms with van der Waals surface area (Å²) in [5.74, 6) is 0.211. The number of rotatable bonds is 2. The standard InChI is InChI=1S/C25H18N2O2S2/c28-17-10-7-15(8-11-17)14-21-24(29)27-23(20-6-3-13-30-20)19-12-9-16-4-1-2-5-18(16)22(19)26-25(27)31-21/h1-8,10-11,13-14,23,28H,9,12H2/t23-/m0/s1. The Bertz CT molecular complexity index is 1510. The van der Waals surface area contributed by atoms with Crippen LogP contribution in [0.4, 0.5) is 0 Å². The van der Waals surface area contributed by atoms with Gasteiger partial charge in [0, 0.05) is 10.4 Å². The van der Waals surface area contributed by atoms with Crippen molar-refractivity contribution in [2.24, 2.45) is 4.99 Å². The first-order chi connectivity index (χ1) is 15.2. The molecule has 31 heavy (non-hydrogen) atoms. The summed E-state index contributed by atoms with van der Waals surface area (Å²) in [5, 5.41) is 11.6. The van der Waals surface area contributed by atoms with Crippen LogP contribution in [-0.4, -0.2) is 9.67 Å². The number of phenolic OH excluding ortho intramolecular Hbond substituents is 1. The second kappa shape index (κ2) is 7.18. The molecule has 1 atom stereocenters. The number of aromatic nitrogens is 1. The van der Waals surface area contributed by atoms with Crippen molar-refractivity contribution >= 4 is 34.4 Å². The van der Waals surface area contributed by atoms with Gasteiger partial charge in [0.05, 0.1) is 16.3 Å². The van der Waals surface area contributed by atoms with Gasteiger partial charge in [-0.3, -0.25) is 9.36 Å². The molecule has 4 aromatic rings. The molecule has 0 saturated heterocycles. The number of nitrogens with zero attached hydrogens (tertiary/aromatic N) is 2. The second-order valence-electron chi connectivity index (χ2n) is 7.72. The van der Waals surface area contributed by atoms with Crippen molar-refractivity contribution in [3.05, 3.63) is 113 Å². The highest BCUT2D eigenvalue weighted by atomic mass is 32.1. The molecule has 2 aromatic heterocycles. The number of thiophene rings is 1. The topological polar surface area (TPSA) is 54.6 Å². The van der Waals surface area contributed by atoms with Crippen molar-refractivity contribution in [1.82, 2.24) is 4.57 Å². The molecule has 2 aliphatic rings. The van der Waals surface area contributed by atoms with E-state index in [-0.39, 0.29) is 17.4 Å². The van der Waals surface area contributed by atoms with Crippen LogP contribution in [0.3, 0.4) is 0 Å². The fourth-order valence-electron chi connectivity index (χ4n) is 4.44. The maximum absolute atomic E-state index is 13.5. The van der Waals surface area contributed by atoms with Crippen LogP contribution in [0.25, 0.3) is 11.8 Å². The molecular weight excluding hydrogens is 424 g/mol. The highest BCUT2D eigenvalue weighted by Gasteiger charge is 2.32. The van der Waals surface area contributed by atoms with Gasteiger partial charge in [-0.25, -0.2) is 4.99 Å². The molecular formula is C25H18N2O2S2. The number of thiazole rings is 1. The van der Waals surface area contributed by atoms with Crippen LogP contribution in [0.1, 0.15) is 34.0 Å². The van der Waals surface area contributed by atoms with Crippen LogP contribution >= 0.6 is 22.7 Å². The van der Waals surface area contributed by atoms with Gasteiger partial charge in [0.25, 0.3) is 5.56 Å². The molecule has 2 aromatic carbocycles. The van der Waals surface area contributed by atoms with E-state index in [4.69, 9.17) is 4.99 Å². The number of hydrogen-bond acceptors (Lipinski definition) is 5. The number of benzene rings is 2. The summed E-state index contributed by atoms with van der Waals surface area (Å²) >= 11 is 3.11. The lowest BCUT2D eigenvalue weighted by molar-refractivity contribution is 0.475. The molecule has 6 heteroatoms. The molecule has 0 radical (unpaired) electrons. The largest absolute Gasteiger partial charge is 0.508 e. The summed E-state index contributed by atoms with van der Waals surface area (Å²) in [4.78, 5) is 20.4. The first-order valence-corrected chi connectivity index (χ1v) is 11.8. The van der Waals surface area contributed by atoms with Crippen LogP contribution < -0.4 is 14.9 Å². The lowest BCUT2D eigenvalue weighted by atomic mass is 9.85. The molecule has 152 valence electrons. The van der Waals surface area contributed by atoms with Crippen molar-refractivity contribution < 1.29 is 5.11 Å². The molecule has 0 unspecified atom stereocenters. The lowest BCUT2D eigenvalue weighted by Gasteiger charge is -2.30. The van der Waals surface area contributed by atoms with Gasteiger partial charge in [-0.1, -0.05) is 53.8 Å². The van der Waals surface area contributed by atoms with E-state index >= 15 is 0 Å². The fourth-order valence-corrected chi connectivity index (χ4v) is 6.29. The smallest absolute Gasteiger partial charge is 0.271 e. The lowest BCUT2D eigenvalue weighted by Crippen LogP contribution is -2.38. The number of fused-ring (bicyclic) bond motifs is 3. The van der Waals surface area contributed by atoms with Gasteiger partial charge < -0.3 is 5.11 Å². The third kappa shape index (κ3) is 3.02. The summed E-state index contributed by atoms with van der Waals surface area (Å²) < 4.78 is 2.52. The van der Waals surface area contributed by atoms with E-state index in [2.05, 4.69) is 35.7 Å². The third-order valence-corrected chi connectivity index (χ3v) is 7.78. The molecule has 0 amide bonds. The molecule has 0 bridgehead atoms. The zero-order chi connectivity index (χ0) is 20.9. The number of hydrogen-bond donors (Lipinski definition) is 1. The fraction of sp³-hybridized carbons (Fsp3) is 0.120. The Morgan fingerprint density at radius 2 is 1.87 bits per heavy atom. The summed E-state index contributed by atoms with van der Waals surface area (Å²) in [6, 6.07) is 19.4. The van der Waals surface area contributed by atoms with E-state index in [0.717, 1.165) is 28.9 Å². The van der Waals surface area contributed by atoms with Crippen molar-refractivity contribution in [1.29, 1.82) is 0 Å². The van der Waals surface area contributed by atoms with E-state index < -0.39 is 0 Å². The quantitative estimate of drug-likeness (QED) is 0.509. The normalized spacial score (nSPS) is 17.7. The Balaban J connectivity index is 1.62. The Labute approximate surface area is 186 Å². The molecule has 0 spiro atoms. The first kappa shape index (κ1) is 18.5. The van der Waals surface area contributed by atoms with Crippen molar-refractivity contribution in [2.45, 2.75) is 18.9 Å². The summed E-state index contributed by atoms with van der Waals surface area (Å²) in [6.45, 7) is 0. The second-order valence-corrected chi connectivity index (χ2v) is 9.71. The summed E-state index contributed by atoms with van der Waals surface area (Å²) in [7, 11) is 0. The van der Waals surface area contributed by atoms with Gasteiger partial charge >= 0.3 is 0 Å². The van der Waals surface area contributed by atoms with Crippen LogP contribution in [0, 0.1) is 0 Å². The Morgan fingerprint density at radius 3 is 2.68 bits per heavy atom. The van der Waals surface area contributed by atoms with Crippen LogP contribution in [0.15, 0.2) is 81.4 Å². The van der Waals surface area contributed by atoms with Crippen molar-refractivity contribution in [3.8, 4) is 5.75 Å². The minimum Gasteiger partial charge on any atom is -0.508 e. The van der Waals surface area contributed by atoms with Gasteiger partial charge in [-0.2, -0.15) is 0 Å². The van der Waals surface area contributed by atoms with Crippen LogP contribution in [0.5, 0.6) is 5.75 Å². The number of allylic oxidation sites excluding steroid dienone is 1. The predicted octanol–water partition coefficient (Wildman–Crippen LogP) is 4.09. The van der Waals surface area contributed by atoms with Gasteiger partial charge in [0.1, 0.15) is 5.75 Å². The SMILES string of the molecule is O=c1c(=Cc2ccc(O)cc2)sc2n1[C@H](c1cccs1)C1=C(N=2)c2ccccc2CC1. The zero-order valence-electron chi connectivity index (χ0n) is 16.5. The maximum Gasteiger partial charge on any atom is 0.271 e. The average Bonchev–Trinajstić information content (AvgIpc) is 3.43. The minimum atomic E-state index is -0.110. The number of phenols is 1. The highest BCUT2D eigenvalue weighted by Crippen LogP contribution is 2.42. The Kier molecular flexibility index (Phi) is 4.30. The molecule has 0 saturated carbocycles. The van der Waals surface area contributed by atoms with Crippen LogP contribution in [-0.2, 0) is 6.42 Å². The van der Waals surface area contributed by atoms with Crippen molar-refractivity contribution in [3.63, 3.8) is 0 Å². The van der Waals surface area contributed by atoms with Gasteiger partial charge in [-0.15, -0.1) is 11.3 Å². The Hall–Kier alpha value is -3.22. The zero-order valence-corrected chi connectivity index (χ0v) is 18.1. The van der Waals surface area contributed by atoms with Gasteiger partial charge in [-0.05, 0) is 59.2 Å². The number of aromatic hydroxyl groups is 1. The van der Waals surface area contributed by atoms with E-state index in [1.165, 1.54) is 32.9 Å². The summed E-state index contributed by atoms with van der Waals surface area (Å²) in [5.41, 5.74) is 5.62. The molecule has 0 fully saturated rings. The maximum atomic E-state index is 13.5. The molecule has 1 N–H and O–H groups in total. The summed E-state index contributed by atoms with van der Waals surface area (Å²) in [6.07, 6.45) is 3.75. The Morgan fingerprint density at radius 1 is 1.03 bits per heavy atom. The van der Waals surface area contributed by atoms with E-state index in [0.29, 0.717) is 4.53 Å². The molecule has 6 rings (SSSR count). The molecule has 3 heterocycles. The molecule has 4 nitrogen and oxygen atoms in total. The molecule has 1 aliphatic carbocycles. The van der Waals surface area contributed by atoms with Gasteiger partial charge in [0.15, 0.2) is 4.80 Å². The number of aryl methyl sites for hydroxylation is 1. The van der Waals surface area contributed by atoms with Crippen LogP contribution in [0.2, 0.25) is 0 Å².